The first-order valence-electron chi connectivity index (χ1n) is 4.66. The van der Waals surface area contributed by atoms with E-state index in [9.17, 15) is 4.79 Å². The SMILES string of the molecule is CC(C)Oc1cc(C=O)cc(B(O)O)c1. The van der Waals surface area contributed by atoms with Gasteiger partial charge in [-0.25, -0.2) is 0 Å². The molecular formula is C10H13BO4. The van der Waals surface area contributed by atoms with Crippen molar-refractivity contribution in [3.8, 4) is 5.75 Å². The lowest BCUT2D eigenvalue weighted by atomic mass is 9.79. The molecule has 0 aliphatic carbocycles. The van der Waals surface area contributed by atoms with Gasteiger partial charge in [0.1, 0.15) is 12.0 Å². The predicted octanol–water partition coefficient (Wildman–Crippen LogP) is -0.0339. The molecule has 0 amide bonds. The highest BCUT2D eigenvalue weighted by Crippen LogP contribution is 2.12. The molecule has 0 fully saturated rings. The first-order valence-corrected chi connectivity index (χ1v) is 4.66. The van der Waals surface area contributed by atoms with Gasteiger partial charge in [0.2, 0.25) is 0 Å². The molecule has 15 heavy (non-hydrogen) atoms. The minimum atomic E-state index is -1.60. The summed E-state index contributed by atoms with van der Waals surface area (Å²) in [6.45, 7) is 3.70. The highest BCUT2D eigenvalue weighted by atomic mass is 16.5. The lowest BCUT2D eigenvalue weighted by Crippen LogP contribution is -2.30. The smallest absolute Gasteiger partial charge is 0.488 e. The molecule has 1 rings (SSSR count). The van der Waals surface area contributed by atoms with Crippen molar-refractivity contribution < 1.29 is 19.6 Å². The zero-order valence-corrected chi connectivity index (χ0v) is 8.68. The average Bonchev–Trinajstić information content (AvgIpc) is 2.16. The van der Waals surface area contributed by atoms with Crippen LogP contribution in [0.15, 0.2) is 18.2 Å². The fraction of sp³-hybridized carbons (Fsp3) is 0.300. The standard InChI is InChI=1S/C10H13BO4/c1-7(2)15-10-4-8(6-12)3-9(5-10)11(13)14/h3-7,13-14H,1-2H3. The fourth-order valence-corrected chi connectivity index (χ4v) is 1.20. The number of aldehydes is 1. The summed E-state index contributed by atoms with van der Waals surface area (Å²) in [5.74, 6) is 0.456. The van der Waals surface area contributed by atoms with Crippen molar-refractivity contribution >= 4 is 18.9 Å². The second kappa shape index (κ2) is 4.95. The molecule has 1 aromatic carbocycles. The third-order valence-corrected chi connectivity index (χ3v) is 1.76. The van der Waals surface area contributed by atoms with Crippen LogP contribution in [0.1, 0.15) is 24.2 Å². The number of ether oxygens (including phenoxy) is 1. The van der Waals surface area contributed by atoms with E-state index in [-0.39, 0.29) is 11.6 Å². The maximum absolute atomic E-state index is 10.6. The molecule has 0 aromatic heterocycles. The van der Waals surface area contributed by atoms with E-state index in [2.05, 4.69) is 0 Å². The Balaban J connectivity index is 3.05. The number of hydrogen-bond donors (Lipinski definition) is 2. The van der Waals surface area contributed by atoms with Gasteiger partial charge >= 0.3 is 7.12 Å². The molecule has 2 N–H and O–H groups in total. The molecule has 80 valence electrons. The van der Waals surface area contributed by atoms with E-state index in [4.69, 9.17) is 14.8 Å². The third kappa shape index (κ3) is 3.38. The fourth-order valence-electron chi connectivity index (χ4n) is 1.20. The molecule has 0 radical (unpaired) electrons. The van der Waals surface area contributed by atoms with Crippen molar-refractivity contribution in [3.63, 3.8) is 0 Å². The zero-order valence-electron chi connectivity index (χ0n) is 8.68. The number of carbonyl (C=O) groups is 1. The molecular weight excluding hydrogens is 195 g/mol. The maximum atomic E-state index is 10.6. The van der Waals surface area contributed by atoms with Gasteiger partial charge in [-0.1, -0.05) is 6.07 Å². The van der Waals surface area contributed by atoms with Gasteiger partial charge in [-0.05, 0) is 31.4 Å². The minimum Gasteiger partial charge on any atom is -0.491 e. The molecule has 0 aliphatic rings. The van der Waals surface area contributed by atoms with Crippen molar-refractivity contribution in [2.75, 3.05) is 0 Å². The van der Waals surface area contributed by atoms with E-state index < -0.39 is 7.12 Å². The van der Waals surface area contributed by atoms with Gasteiger partial charge in [0, 0.05) is 5.56 Å². The van der Waals surface area contributed by atoms with Crippen molar-refractivity contribution in [1.29, 1.82) is 0 Å². The lowest BCUT2D eigenvalue weighted by molar-refractivity contribution is 0.112. The largest absolute Gasteiger partial charge is 0.491 e. The number of carbonyl (C=O) groups excluding carboxylic acids is 1. The maximum Gasteiger partial charge on any atom is 0.488 e. The predicted molar refractivity (Wildman–Crippen MR) is 57.4 cm³/mol. The Bertz CT molecular complexity index is 349. The van der Waals surface area contributed by atoms with E-state index in [0.717, 1.165) is 0 Å². The van der Waals surface area contributed by atoms with Crippen LogP contribution in [0.25, 0.3) is 0 Å². The number of rotatable bonds is 4. The van der Waals surface area contributed by atoms with Crippen LogP contribution in [0.4, 0.5) is 0 Å². The van der Waals surface area contributed by atoms with Gasteiger partial charge in [0.15, 0.2) is 0 Å². The minimum absolute atomic E-state index is 0.0319. The molecule has 0 bridgehead atoms. The molecule has 1 aromatic rings. The van der Waals surface area contributed by atoms with E-state index in [0.29, 0.717) is 17.6 Å². The van der Waals surface area contributed by atoms with Gasteiger partial charge in [0.25, 0.3) is 0 Å². The van der Waals surface area contributed by atoms with Crippen molar-refractivity contribution in [1.82, 2.24) is 0 Å². The average molecular weight is 208 g/mol. The second-order valence-electron chi connectivity index (χ2n) is 3.49. The summed E-state index contributed by atoms with van der Waals surface area (Å²) in [6, 6.07) is 4.46. The molecule has 0 aliphatic heterocycles. The Kier molecular flexibility index (Phi) is 3.88. The molecule has 4 nitrogen and oxygen atoms in total. The van der Waals surface area contributed by atoms with Crippen molar-refractivity contribution in [3.05, 3.63) is 23.8 Å². The Morgan fingerprint density at radius 2 is 2.00 bits per heavy atom. The molecule has 0 saturated carbocycles. The highest BCUT2D eigenvalue weighted by molar-refractivity contribution is 6.58. The van der Waals surface area contributed by atoms with Gasteiger partial charge in [0.05, 0.1) is 6.10 Å². The van der Waals surface area contributed by atoms with Crippen LogP contribution >= 0.6 is 0 Å². The van der Waals surface area contributed by atoms with Gasteiger partial charge in [-0.2, -0.15) is 0 Å². The van der Waals surface area contributed by atoms with Gasteiger partial charge in [-0.15, -0.1) is 0 Å². The summed E-state index contributed by atoms with van der Waals surface area (Å²) >= 11 is 0. The lowest BCUT2D eigenvalue weighted by Gasteiger charge is -2.11. The van der Waals surface area contributed by atoms with Crippen LogP contribution in [-0.2, 0) is 0 Å². The Hall–Kier alpha value is -1.33. The summed E-state index contributed by atoms with van der Waals surface area (Å²) in [7, 11) is -1.60. The van der Waals surface area contributed by atoms with Crippen LogP contribution in [0, 0.1) is 0 Å². The monoisotopic (exact) mass is 208 g/mol. The molecule has 0 heterocycles. The van der Waals surface area contributed by atoms with Crippen LogP contribution in [0.3, 0.4) is 0 Å². The summed E-state index contributed by atoms with van der Waals surface area (Å²) in [4.78, 5) is 10.6. The first kappa shape index (κ1) is 11.7. The van der Waals surface area contributed by atoms with Crippen LogP contribution < -0.4 is 10.2 Å². The topological polar surface area (TPSA) is 66.8 Å². The normalized spacial score (nSPS) is 10.2. The molecule has 0 atom stereocenters. The Labute approximate surface area is 88.6 Å². The van der Waals surface area contributed by atoms with Gasteiger partial charge in [-0.3, -0.25) is 4.79 Å². The number of benzene rings is 1. The van der Waals surface area contributed by atoms with Crippen LogP contribution in [0.2, 0.25) is 0 Å². The summed E-state index contributed by atoms with van der Waals surface area (Å²) in [5.41, 5.74) is 0.603. The van der Waals surface area contributed by atoms with E-state index in [1.165, 1.54) is 12.1 Å². The van der Waals surface area contributed by atoms with E-state index in [1.807, 2.05) is 13.8 Å². The highest BCUT2D eigenvalue weighted by Gasteiger charge is 2.13. The third-order valence-electron chi connectivity index (χ3n) is 1.76. The molecule has 0 spiro atoms. The van der Waals surface area contributed by atoms with Crippen molar-refractivity contribution in [2.45, 2.75) is 20.0 Å². The summed E-state index contributed by atoms with van der Waals surface area (Å²) in [6.07, 6.45) is 0.606. The van der Waals surface area contributed by atoms with Gasteiger partial charge < -0.3 is 14.8 Å². The summed E-state index contributed by atoms with van der Waals surface area (Å²) in [5, 5.41) is 18.0. The zero-order chi connectivity index (χ0) is 11.4. The quantitative estimate of drug-likeness (QED) is 0.538. The second-order valence-corrected chi connectivity index (χ2v) is 3.49. The molecule has 0 saturated heterocycles. The number of hydrogen-bond acceptors (Lipinski definition) is 4. The van der Waals surface area contributed by atoms with Crippen LogP contribution in [-0.4, -0.2) is 29.6 Å². The van der Waals surface area contributed by atoms with E-state index >= 15 is 0 Å². The summed E-state index contributed by atoms with van der Waals surface area (Å²) < 4.78 is 5.37. The van der Waals surface area contributed by atoms with E-state index in [1.54, 1.807) is 6.07 Å². The Morgan fingerprint density at radius 1 is 1.33 bits per heavy atom. The molecule has 5 heteroatoms. The van der Waals surface area contributed by atoms with Crippen LogP contribution in [0.5, 0.6) is 5.75 Å². The first-order chi connectivity index (χ1) is 7.02. The molecule has 0 unspecified atom stereocenters. The Morgan fingerprint density at radius 3 is 2.47 bits per heavy atom. The van der Waals surface area contributed by atoms with Crippen molar-refractivity contribution in [2.24, 2.45) is 0 Å².